The molecule has 4 nitrogen and oxygen atoms in total. The average molecular weight is 574 g/mol. The van der Waals surface area contributed by atoms with Gasteiger partial charge in [-0.15, -0.1) is 0 Å². The molecule has 0 saturated heterocycles. The van der Waals surface area contributed by atoms with Crippen molar-refractivity contribution in [2.75, 3.05) is 6.61 Å². The summed E-state index contributed by atoms with van der Waals surface area (Å²) in [4.78, 5) is 12.3. The summed E-state index contributed by atoms with van der Waals surface area (Å²) in [6, 6.07) is -0.647. The highest BCUT2D eigenvalue weighted by atomic mass is 16.3. The summed E-state index contributed by atoms with van der Waals surface area (Å²) in [5.74, 6) is -0.0909. The summed E-state index contributed by atoms with van der Waals surface area (Å²) in [5, 5.41) is 22.7. The van der Waals surface area contributed by atoms with E-state index in [-0.39, 0.29) is 12.5 Å². The SMILES string of the molecule is CCC/C=C/CC/C=C/CC/C=C/C(O)C(CO)NC(=O)CCCCCCC/C=C\CCCCCCCCCCC. The van der Waals surface area contributed by atoms with Crippen molar-refractivity contribution in [3.63, 3.8) is 0 Å². The van der Waals surface area contributed by atoms with E-state index in [1.54, 1.807) is 6.08 Å². The summed E-state index contributed by atoms with van der Waals surface area (Å²) < 4.78 is 0. The van der Waals surface area contributed by atoms with E-state index in [4.69, 9.17) is 0 Å². The van der Waals surface area contributed by atoms with E-state index in [0.29, 0.717) is 6.42 Å². The van der Waals surface area contributed by atoms with Gasteiger partial charge in [0.2, 0.25) is 5.91 Å². The molecule has 0 rings (SSSR count). The lowest BCUT2D eigenvalue weighted by Crippen LogP contribution is -2.45. The molecule has 0 aromatic carbocycles. The van der Waals surface area contributed by atoms with Gasteiger partial charge in [0.1, 0.15) is 0 Å². The molecule has 238 valence electrons. The molecule has 41 heavy (non-hydrogen) atoms. The van der Waals surface area contributed by atoms with Crippen molar-refractivity contribution in [3.8, 4) is 0 Å². The van der Waals surface area contributed by atoms with E-state index in [1.165, 1.54) is 83.5 Å². The van der Waals surface area contributed by atoms with Gasteiger partial charge < -0.3 is 15.5 Å². The predicted molar refractivity (Wildman–Crippen MR) is 179 cm³/mol. The van der Waals surface area contributed by atoms with Gasteiger partial charge in [-0.25, -0.2) is 0 Å². The van der Waals surface area contributed by atoms with Gasteiger partial charge in [0, 0.05) is 6.42 Å². The van der Waals surface area contributed by atoms with Crippen molar-refractivity contribution in [1.82, 2.24) is 5.32 Å². The minimum Gasteiger partial charge on any atom is -0.394 e. The molecule has 0 bridgehead atoms. The number of carbonyl (C=O) groups is 1. The number of nitrogens with one attached hydrogen (secondary N) is 1. The molecule has 2 atom stereocenters. The van der Waals surface area contributed by atoms with Crippen molar-refractivity contribution in [2.24, 2.45) is 0 Å². The van der Waals surface area contributed by atoms with Gasteiger partial charge in [0.25, 0.3) is 0 Å². The van der Waals surface area contributed by atoms with Gasteiger partial charge in [-0.2, -0.15) is 0 Å². The minimum absolute atomic E-state index is 0.0909. The van der Waals surface area contributed by atoms with Gasteiger partial charge in [-0.1, -0.05) is 140 Å². The Morgan fingerprint density at radius 3 is 1.51 bits per heavy atom. The van der Waals surface area contributed by atoms with Gasteiger partial charge in [-0.05, 0) is 64.2 Å². The second-order valence-electron chi connectivity index (χ2n) is 11.6. The first-order valence-corrected chi connectivity index (χ1v) is 17.4. The zero-order chi connectivity index (χ0) is 30.1. The standard InChI is InChI=1S/C37H67NO3/c1-3-5-7-9-11-13-15-16-17-18-19-20-21-23-25-27-29-31-33-37(41)38-35(34-39)36(40)32-30-28-26-24-22-14-12-10-8-6-4-2/h8,10,19-20,22,24,30,32,35-36,39-40H,3-7,9,11-18,21,23,25-29,31,33-34H2,1-2H3,(H,38,41)/b10-8+,20-19-,24-22+,32-30+. The third-order valence-corrected chi connectivity index (χ3v) is 7.49. The highest BCUT2D eigenvalue weighted by Crippen LogP contribution is 2.12. The lowest BCUT2D eigenvalue weighted by Gasteiger charge is -2.19. The Labute approximate surface area is 254 Å². The molecule has 0 spiro atoms. The maximum absolute atomic E-state index is 12.3. The molecule has 0 heterocycles. The number of allylic oxidation sites excluding steroid dienone is 7. The number of rotatable bonds is 30. The number of hydrogen-bond acceptors (Lipinski definition) is 3. The smallest absolute Gasteiger partial charge is 0.220 e. The van der Waals surface area contributed by atoms with Crippen LogP contribution in [0.2, 0.25) is 0 Å². The Morgan fingerprint density at radius 1 is 0.561 bits per heavy atom. The molecule has 0 aromatic rings. The lowest BCUT2D eigenvalue weighted by atomic mass is 10.1. The molecule has 0 radical (unpaired) electrons. The normalized spacial score (nSPS) is 13.8. The maximum Gasteiger partial charge on any atom is 0.220 e. The molecule has 0 fully saturated rings. The third kappa shape index (κ3) is 29.6. The monoisotopic (exact) mass is 574 g/mol. The first kappa shape index (κ1) is 39.4. The summed E-state index contributed by atoms with van der Waals surface area (Å²) >= 11 is 0. The van der Waals surface area contributed by atoms with Crippen LogP contribution in [0.3, 0.4) is 0 Å². The maximum atomic E-state index is 12.3. The predicted octanol–water partition coefficient (Wildman–Crippen LogP) is 10.1. The zero-order valence-electron chi connectivity index (χ0n) is 27.0. The molecule has 1 amide bonds. The molecule has 0 aliphatic carbocycles. The number of hydrogen-bond donors (Lipinski definition) is 3. The molecule has 0 aromatic heterocycles. The largest absolute Gasteiger partial charge is 0.394 e. The number of amides is 1. The van der Waals surface area contributed by atoms with Crippen LogP contribution < -0.4 is 5.32 Å². The van der Waals surface area contributed by atoms with Crippen LogP contribution in [-0.2, 0) is 4.79 Å². The molecular weight excluding hydrogens is 506 g/mol. The lowest BCUT2D eigenvalue weighted by molar-refractivity contribution is -0.123. The number of aliphatic hydroxyl groups excluding tert-OH is 2. The highest BCUT2D eigenvalue weighted by Gasteiger charge is 2.17. The van der Waals surface area contributed by atoms with Gasteiger partial charge in [0.05, 0.1) is 18.8 Å². The molecule has 2 unspecified atom stereocenters. The fourth-order valence-corrected chi connectivity index (χ4v) is 4.80. The van der Waals surface area contributed by atoms with Crippen LogP contribution in [0.1, 0.15) is 162 Å². The molecule has 3 N–H and O–H groups in total. The van der Waals surface area contributed by atoms with Gasteiger partial charge >= 0.3 is 0 Å². The first-order chi connectivity index (χ1) is 20.2. The van der Waals surface area contributed by atoms with Crippen molar-refractivity contribution in [3.05, 3.63) is 48.6 Å². The zero-order valence-corrected chi connectivity index (χ0v) is 27.0. The average Bonchev–Trinajstić information content (AvgIpc) is 2.97. The van der Waals surface area contributed by atoms with E-state index in [9.17, 15) is 15.0 Å². The summed E-state index contributed by atoms with van der Waals surface area (Å²) in [6.45, 7) is 4.19. The quantitative estimate of drug-likeness (QED) is 0.0591. The summed E-state index contributed by atoms with van der Waals surface area (Å²) in [7, 11) is 0. The fourth-order valence-electron chi connectivity index (χ4n) is 4.80. The van der Waals surface area contributed by atoms with Crippen LogP contribution >= 0.6 is 0 Å². The van der Waals surface area contributed by atoms with Crippen LogP contribution in [-0.4, -0.2) is 34.9 Å². The van der Waals surface area contributed by atoms with Gasteiger partial charge in [-0.3, -0.25) is 4.79 Å². The number of carbonyl (C=O) groups excluding carboxylic acids is 1. The Kier molecular flexibility index (Phi) is 31.5. The molecule has 4 heteroatoms. The van der Waals surface area contributed by atoms with E-state index in [1.807, 2.05) is 6.08 Å². The number of aliphatic hydroxyl groups is 2. The second-order valence-corrected chi connectivity index (χ2v) is 11.6. The van der Waals surface area contributed by atoms with E-state index >= 15 is 0 Å². The Balaban J connectivity index is 3.69. The van der Waals surface area contributed by atoms with Crippen molar-refractivity contribution < 1.29 is 15.0 Å². The Morgan fingerprint density at radius 2 is 1.00 bits per heavy atom. The summed E-state index contributed by atoms with van der Waals surface area (Å²) in [6.07, 6.45) is 43.4. The van der Waals surface area contributed by atoms with Crippen LogP contribution in [0.15, 0.2) is 48.6 Å². The highest BCUT2D eigenvalue weighted by molar-refractivity contribution is 5.76. The van der Waals surface area contributed by atoms with Crippen molar-refractivity contribution >= 4 is 5.91 Å². The Bertz CT molecular complexity index is 667. The minimum atomic E-state index is -0.870. The third-order valence-electron chi connectivity index (χ3n) is 7.49. The van der Waals surface area contributed by atoms with Crippen LogP contribution in [0, 0.1) is 0 Å². The first-order valence-electron chi connectivity index (χ1n) is 17.4. The van der Waals surface area contributed by atoms with Crippen molar-refractivity contribution in [2.45, 2.75) is 174 Å². The van der Waals surface area contributed by atoms with E-state index in [0.717, 1.165) is 57.8 Å². The number of unbranched alkanes of at least 4 members (excludes halogenated alkanes) is 17. The Hall–Kier alpha value is -1.65. The molecule has 0 saturated carbocycles. The van der Waals surface area contributed by atoms with Crippen molar-refractivity contribution in [1.29, 1.82) is 0 Å². The summed E-state index contributed by atoms with van der Waals surface area (Å²) in [5.41, 5.74) is 0. The second kappa shape index (κ2) is 32.9. The van der Waals surface area contributed by atoms with E-state index in [2.05, 4.69) is 55.6 Å². The van der Waals surface area contributed by atoms with Crippen LogP contribution in [0.5, 0.6) is 0 Å². The topological polar surface area (TPSA) is 69.6 Å². The molecule has 0 aliphatic rings. The fraction of sp³-hybridized carbons (Fsp3) is 0.757. The van der Waals surface area contributed by atoms with Crippen LogP contribution in [0.4, 0.5) is 0 Å². The van der Waals surface area contributed by atoms with E-state index < -0.39 is 12.1 Å². The van der Waals surface area contributed by atoms with Gasteiger partial charge in [0.15, 0.2) is 0 Å². The molecular formula is C37H67NO3. The van der Waals surface area contributed by atoms with Crippen LogP contribution in [0.25, 0.3) is 0 Å². The molecule has 0 aliphatic heterocycles.